The van der Waals surface area contributed by atoms with Gasteiger partial charge in [0.05, 0.1) is 12.1 Å². The lowest BCUT2D eigenvalue weighted by molar-refractivity contribution is -0.133. The van der Waals surface area contributed by atoms with Gasteiger partial charge in [-0.2, -0.15) is 0 Å². The Morgan fingerprint density at radius 3 is 2.43 bits per heavy atom. The van der Waals surface area contributed by atoms with Gasteiger partial charge in [0.1, 0.15) is 0 Å². The highest BCUT2D eigenvalue weighted by Crippen LogP contribution is 2.19. The quantitative estimate of drug-likeness (QED) is 0.736. The van der Waals surface area contributed by atoms with Gasteiger partial charge in [0, 0.05) is 39.9 Å². The monoisotopic (exact) mass is 344 g/mol. The second-order valence-corrected chi connectivity index (χ2v) is 5.59. The van der Waals surface area contributed by atoms with E-state index in [2.05, 4.69) is 5.32 Å². The standard InChI is InChI=1S/C16H25ClN2O4/c1-11(15(22-4)23-5)19(2)16(20)18-10-14(21-3)12-7-6-8-13(17)9-12/h6-9,11,14-15H,10H2,1-5H3,(H,18,20). The minimum Gasteiger partial charge on any atom is -0.375 e. The maximum Gasteiger partial charge on any atom is 0.317 e. The third-order valence-electron chi connectivity index (χ3n) is 3.73. The molecular formula is C16H25ClN2O4. The summed E-state index contributed by atoms with van der Waals surface area (Å²) in [7, 11) is 6.36. The number of nitrogens with zero attached hydrogens (tertiary/aromatic N) is 1. The summed E-state index contributed by atoms with van der Waals surface area (Å²) < 4.78 is 15.8. The SMILES string of the molecule is COC(CNC(=O)N(C)C(C)C(OC)OC)c1cccc(Cl)c1. The number of hydrogen-bond donors (Lipinski definition) is 1. The minimum absolute atomic E-state index is 0.235. The van der Waals surface area contributed by atoms with E-state index >= 15 is 0 Å². The van der Waals surface area contributed by atoms with Crippen LogP contribution in [-0.2, 0) is 14.2 Å². The first-order valence-corrected chi connectivity index (χ1v) is 7.66. The summed E-state index contributed by atoms with van der Waals surface area (Å²) in [6.45, 7) is 2.18. The highest BCUT2D eigenvalue weighted by Gasteiger charge is 2.24. The Labute approximate surface area is 142 Å². The van der Waals surface area contributed by atoms with Crippen molar-refractivity contribution >= 4 is 17.6 Å². The Balaban J connectivity index is 2.62. The van der Waals surface area contributed by atoms with Gasteiger partial charge in [0.25, 0.3) is 0 Å². The molecule has 1 N–H and O–H groups in total. The summed E-state index contributed by atoms with van der Waals surface area (Å²) in [5.74, 6) is 0. The van der Waals surface area contributed by atoms with Crippen LogP contribution < -0.4 is 5.32 Å². The third kappa shape index (κ3) is 5.66. The van der Waals surface area contributed by atoms with Crippen molar-refractivity contribution in [3.63, 3.8) is 0 Å². The van der Waals surface area contributed by atoms with Crippen LogP contribution in [0.1, 0.15) is 18.6 Å². The fourth-order valence-corrected chi connectivity index (χ4v) is 2.41. The van der Waals surface area contributed by atoms with E-state index in [0.717, 1.165) is 5.56 Å². The van der Waals surface area contributed by atoms with Crippen LogP contribution in [0, 0.1) is 0 Å². The van der Waals surface area contributed by atoms with E-state index in [-0.39, 0.29) is 18.2 Å². The molecule has 0 aliphatic carbocycles. The van der Waals surface area contributed by atoms with Crippen molar-refractivity contribution in [1.29, 1.82) is 0 Å². The van der Waals surface area contributed by atoms with Crippen molar-refractivity contribution in [3.05, 3.63) is 34.9 Å². The van der Waals surface area contributed by atoms with Gasteiger partial charge in [0.2, 0.25) is 0 Å². The molecule has 6 nitrogen and oxygen atoms in total. The number of carbonyl (C=O) groups is 1. The zero-order valence-electron chi connectivity index (χ0n) is 14.2. The number of methoxy groups -OCH3 is 3. The molecule has 0 saturated carbocycles. The number of amides is 2. The van der Waals surface area contributed by atoms with Crippen molar-refractivity contribution in [2.75, 3.05) is 34.9 Å². The number of carbonyl (C=O) groups excluding carboxylic acids is 1. The van der Waals surface area contributed by atoms with E-state index in [1.807, 2.05) is 25.1 Å². The fraction of sp³-hybridized carbons (Fsp3) is 0.562. The largest absolute Gasteiger partial charge is 0.375 e. The Kier molecular flexibility index (Phi) is 8.33. The number of benzene rings is 1. The van der Waals surface area contributed by atoms with E-state index in [4.69, 9.17) is 25.8 Å². The van der Waals surface area contributed by atoms with Crippen LogP contribution >= 0.6 is 11.6 Å². The first kappa shape index (κ1) is 19.7. The van der Waals surface area contributed by atoms with E-state index in [1.54, 1.807) is 20.2 Å². The predicted molar refractivity (Wildman–Crippen MR) is 89.6 cm³/mol. The van der Waals surface area contributed by atoms with Gasteiger partial charge in [-0.05, 0) is 24.6 Å². The van der Waals surface area contributed by atoms with Crippen molar-refractivity contribution in [3.8, 4) is 0 Å². The summed E-state index contributed by atoms with van der Waals surface area (Å²) in [6.07, 6.45) is -0.765. The fourth-order valence-electron chi connectivity index (χ4n) is 2.21. The molecule has 0 bridgehead atoms. The lowest BCUT2D eigenvalue weighted by atomic mass is 10.1. The normalized spacial score (nSPS) is 13.7. The number of ether oxygens (including phenoxy) is 3. The van der Waals surface area contributed by atoms with Gasteiger partial charge < -0.3 is 24.4 Å². The molecule has 0 radical (unpaired) electrons. The smallest absolute Gasteiger partial charge is 0.317 e. The van der Waals surface area contributed by atoms with Crippen molar-refractivity contribution in [2.45, 2.75) is 25.4 Å². The highest BCUT2D eigenvalue weighted by molar-refractivity contribution is 6.30. The maximum absolute atomic E-state index is 12.3. The number of urea groups is 1. The van der Waals surface area contributed by atoms with Crippen LogP contribution in [0.5, 0.6) is 0 Å². The van der Waals surface area contributed by atoms with Gasteiger partial charge in [0.15, 0.2) is 6.29 Å². The van der Waals surface area contributed by atoms with Crippen molar-refractivity contribution in [1.82, 2.24) is 10.2 Å². The van der Waals surface area contributed by atoms with E-state index in [0.29, 0.717) is 11.6 Å². The van der Waals surface area contributed by atoms with Crippen LogP contribution in [0.3, 0.4) is 0 Å². The summed E-state index contributed by atoms with van der Waals surface area (Å²) in [5, 5.41) is 3.47. The Morgan fingerprint density at radius 2 is 1.91 bits per heavy atom. The maximum atomic E-state index is 12.3. The molecule has 1 rings (SSSR count). The predicted octanol–water partition coefficient (Wildman–Crippen LogP) is 2.68. The molecular weight excluding hydrogens is 320 g/mol. The van der Waals surface area contributed by atoms with Crippen LogP contribution in [0.4, 0.5) is 4.79 Å². The molecule has 1 aromatic rings. The number of hydrogen-bond acceptors (Lipinski definition) is 4. The lowest BCUT2D eigenvalue weighted by Crippen LogP contribution is -2.49. The molecule has 7 heteroatoms. The Morgan fingerprint density at radius 1 is 1.26 bits per heavy atom. The van der Waals surface area contributed by atoms with Gasteiger partial charge in [-0.15, -0.1) is 0 Å². The first-order chi connectivity index (χ1) is 10.9. The van der Waals surface area contributed by atoms with Crippen molar-refractivity contribution in [2.24, 2.45) is 0 Å². The molecule has 0 saturated heterocycles. The van der Waals surface area contributed by atoms with E-state index in [1.165, 1.54) is 19.1 Å². The Hall–Kier alpha value is -1.34. The highest BCUT2D eigenvalue weighted by atomic mass is 35.5. The van der Waals surface area contributed by atoms with E-state index < -0.39 is 6.29 Å². The molecule has 23 heavy (non-hydrogen) atoms. The Bertz CT molecular complexity index is 497. The zero-order valence-corrected chi connectivity index (χ0v) is 15.0. The third-order valence-corrected chi connectivity index (χ3v) is 3.97. The summed E-state index contributed by atoms with van der Waals surface area (Å²) >= 11 is 5.99. The number of halogens is 1. The summed E-state index contributed by atoms with van der Waals surface area (Å²) in [5.41, 5.74) is 0.905. The van der Waals surface area contributed by atoms with Crippen LogP contribution in [-0.4, -0.2) is 58.2 Å². The summed E-state index contributed by atoms with van der Waals surface area (Å²) in [6, 6.07) is 6.89. The second kappa shape index (κ2) is 9.72. The van der Waals surface area contributed by atoms with Crippen LogP contribution in [0.2, 0.25) is 5.02 Å². The molecule has 0 aromatic heterocycles. The minimum atomic E-state index is -0.489. The molecule has 0 aliphatic heterocycles. The van der Waals surface area contributed by atoms with E-state index in [9.17, 15) is 4.79 Å². The van der Waals surface area contributed by atoms with Crippen molar-refractivity contribution < 1.29 is 19.0 Å². The topological polar surface area (TPSA) is 60.0 Å². The molecule has 0 heterocycles. The molecule has 2 unspecified atom stereocenters. The van der Waals surface area contributed by atoms with Gasteiger partial charge in [-0.25, -0.2) is 4.79 Å². The number of likely N-dealkylation sites (N-methyl/N-ethyl adjacent to an activating group) is 1. The average Bonchev–Trinajstić information content (AvgIpc) is 2.55. The number of nitrogens with one attached hydrogen (secondary N) is 1. The zero-order chi connectivity index (χ0) is 17.4. The molecule has 2 amide bonds. The molecule has 1 aromatic carbocycles. The van der Waals surface area contributed by atoms with Gasteiger partial charge in [-0.1, -0.05) is 23.7 Å². The molecule has 0 aliphatic rings. The average molecular weight is 345 g/mol. The molecule has 0 fully saturated rings. The first-order valence-electron chi connectivity index (χ1n) is 7.29. The molecule has 2 atom stereocenters. The second-order valence-electron chi connectivity index (χ2n) is 5.16. The molecule has 130 valence electrons. The summed E-state index contributed by atoms with van der Waals surface area (Å²) in [4.78, 5) is 13.8. The number of rotatable bonds is 8. The lowest BCUT2D eigenvalue weighted by Gasteiger charge is -2.30. The van der Waals surface area contributed by atoms with Crippen LogP contribution in [0.15, 0.2) is 24.3 Å². The van der Waals surface area contributed by atoms with Gasteiger partial charge >= 0.3 is 6.03 Å². The molecule has 0 spiro atoms. The van der Waals surface area contributed by atoms with Gasteiger partial charge in [-0.3, -0.25) is 0 Å². The van der Waals surface area contributed by atoms with Crippen LogP contribution in [0.25, 0.3) is 0 Å².